The Hall–Kier alpha value is -3.70. The number of hydrogen-bond donors (Lipinski definition) is 1. The minimum Gasteiger partial charge on any atom is -0.481 e. The van der Waals surface area contributed by atoms with Gasteiger partial charge in [-0.25, -0.2) is 0 Å². The average Bonchev–Trinajstić information content (AvgIpc) is 3.60. The molecule has 172 valence electrons. The molecule has 1 aliphatic carbocycles. The second-order valence-corrected chi connectivity index (χ2v) is 8.85. The fourth-order valence-electron chi connectivity index (χ4n) is 4.42. The molecule has 1 heterocycles. The zero-order valence-corrected chi connectivity index (χ0v) is 19.1. The predicted molar refractivity (Wildman–Crippen MR) is 130 cm³/mol. The largest absolute Gasteiger partial charge is 0.481 e. The molecule has 5 nitrogen and oxygen atoms in total. The number of aliphatic carboxylic acids is 1. The first-order chi connectivity index (χ1) is 16.6. The van der Waals surface area contributed by atoms with Crippen LogP contribution in [-0.4, -0.2) is 22.8 Å². The molecule has 5 heteroatoms. The van der Waals surface area contributed by atoms with Crippen molar-refractivity contribution in [2.45, 2.75) is 32.3 Å². The molecule has 5 rings (SSSR count). The highest BCUT2D eigenvalue weighted by Gasteiger charge is 2.43. The molecule has 0 amide bonds. The molecule has 1 aromatic heterocycles. The van der Waals surface area contributed by atoms with Crippen LogP contribution in [-0.2, 0) is 22.6 Å². The molecule has 1 N–H and O–H groups in total. The number of rotatable bonds is 9. The lowest BCUT2D eigenvalue weighted by Gasteiger charge is -2.07. The van der Waals surface area contributed by atoms with E-state index >= 15 is 0 Å². The monoisotopic (exact) mass is 453 g/mol. The van der Waals surface area contributed by atoms with Crippen molar-refractivity contribution < 1.29 is 19.2 Å². The minimum atomic E-state index is -0.700. The second kappa shape index (κ2) is 9.65. The summed E-state index contributed by atoms with van der Waals surface area (Å²) in [5, 5.41) is 13.3. The van der Waals surface area contributed by atoms with E-state index in [0.29, 0.717) is 13.2 Å². The number of carbonyl (C=O) groups is 1. The Morgan fingerprint density at radius 1 is 0.971 bits per heavy atom. The lowest BCUT2D eigenvalue weighted by molar-refractivity contribution is -0.138. The Kier molecular flexibility index (Phi) is 6.28. The van der Waals surface area contributed by atoms with E-state index in [9.17, 15) is 4.79 Å². The Morgan fingerprint density at radius 3 is 2.26 bits per heavy atom. The smallest absolute Gasteiger partial charge is 0.307 e. The van der Waals surface area contributed by atoms with Crippen molar-refractivity contribution in [3.63, 3.8) is 0 Å². The van der Waals surface area contributed by atoms with Gasteiger partial charge >= 0.3 is 5.97 Å². The van der Waals surface area contributed by atoms with Crippen LogP contribution >= 0.6 is 0 Å². The van der Waals surface area contributed by atoms with E-state index < -0.39 is 5.97 Å². The van der Waals surface area contributed by atoms with Crippen molar-refractivity contribution in [1.29, 1.82) is 0 Å². The first-order valence-corrected chi connectivity index (χ1v) is 11.6. The van der Waals surface area contributed by atoms with E-state index in [1.807, 2.05) is 37.3 Å². The molecule has 0 bridgehead atoms. The van der Waals surface area contributed by atoms with Gasteiger partial charge in [0.05, 0.1) is 24.8 Å². The summed E-state index contributed by atoms with van der Waals surface area (Å²) in [6, 6.07) is 26.6. The van der Waals surface area contributed by atoms with Crippen molar-refractivity contribution in [3.8, 4) is 22.5 Å². The number of aromatic nitrogens is 1. The molecular weight excluding hydrogens is 426 g/mol. The number of hydrogen-bond acceptors (Lipinski definition) is 4. The summed E-state index contributed by atoms with van der Waals surface area (Å²) in [4.78, 5) is 11.1. The number of ether oxygens (including phenoxy) is 1. The van der Waals surface area contributed by atoms with Gasteiger partial charge in [-0.1, -0.05) is 84.0 Å². The highest BCUT2D eigenvalue weighted by molar-refractivity contribution is 5.75. The zero-order valence-electron chi connectivity index (χ0n) is 19.1. The third-order valence-corrected chi connectivity index (χ3v) is 6.52. The second-order valence-electron chi connectivity index (χ2n) is 8.85. The molecule has 0 spiro atoms. The van der Waals surface area contributed by atoms with Crippen LogP contribution in [0.3, 0.4) is 0 Å². The lowest BCUT2D eigenvalue weighted by Crippen LogP contribution is -2.00. The van der Waals surface area contributed by atoms with Crippen LogP contribution in [0.5, 0.6) is 0 Å². The van der Waals surface area contributed by atoms with Gasteiger partial charge < -0.3 is 14.4 Å². The number of aryl methyl sites for hydroxylation is 1. The lowest BCUT2D eigenvalue weighted by atomic mass is 9.99. The van der Waals surface area contributed by atoms with E-state index in [-0.39, 0.29) is 11.8 Å². The Labute approximate surface area is 199 Å². The molecule has 3 aromatic carbocycles. The normalized spacial score (nSPS) is 17.0. The van der Waals surface area contributed by atoms with Crippen LogP contribution < -0.4 is 0 Å². The van der Waals surface area contributed by atoms with Crippen LogP contribution in [0.15, 0.2) is 83.4 Å². The summed E-state index contributed by atoms with van der Waals surface area (Å²) in [5.41, 5.74) is 7.41. The van der Waals surface area contributed by atoms with Crippen molar-refractivity contribution >= 4 is 5.97 Å². The minimum absolute atomic E-state index is 0.152. The maximum atomic E-state index is 11.1. The van der Waals surface area contributed by atoms with E-state index in [0.717, 1.165) is 57.7 Å². The number of carboxylic acid groups (broad SMARTS) is 1. The third-order valence-electron chi connectivity index (χ3n) is 6.52. The fourth-order valence-corrected chi connectivity index (χ4v) is 4.42. The van der Waals surface area contributed by atoms with Crippen LogP contribution in [0.2, 0.25) is 0 Å². The average molecular weight is 454 g/mol. The van der Waals surface area contributed by atoms with Crippen LogP contribution in [0.4, 0.5) is 0 Å². The molecule has 2 unspecified atom stereocenters. The maximum Gasteiger partial charge on any atom is 0.307 e. The van der Waals surface area contributed by atoms with Gasteiger partial charge in [-0.05, 0) is 41.5 Å². The van der Waals surface area contributed by atoms with E-state index in [1.54, 1.807) is 0 Å². The predicted octanol–water partition coefficient (Wildman–Crippen LogP) is 6.26. The number of carboxylic acids is 1. The summed E-state index contributed by atoms with van der Waals surface area (Å²) in [7, 11) is 0. The van der Waals surface area contributed by atoms with Gasteiger partial charge in [0.25, 0.3) is 0 Å². The van der Waals surface area contributed by atoms with E-state index in [4.69, 9.17) is 14.4 Å². The van der Waals surface area contributed by atoms with Crippen molar-refractivity contribution in [2.75, 3.05) is 6.61 Å². The Bertz CT molecular complexity index is 1260. The summed E-state index contributed by atoms with van der Waals surface area (Å²) in [6.07, 6.45) is 1.47. The molecule has 1 saturated carbocycles. The van der Waals surface area contributed by atoms with Crippen molar-refractivity contribution in [1.82, 2.24) is 5.16 Å². The van der Waals surface area contributed by atoms with Crippen LogP contribution in [0, 0.1) is 12.8 Å². The molecule has 0 radical (unpaired) electrons. The van der Waals surface area contributed by atoms with Gasteiger partial charge in [0.1, 0.15) is 0 Å². The first kappa shape index (κ1) is 22.1. The molecular formula is C29H27NO4. The zero-order chi connectivity index (χ0) is 23.5. The summed E-state index contributed by atoms with van der Waals surface area (Å²) >= 11 is 0. The summed E-state index contributed by atoms with van der Waals surface area (Å²) in [6.45, 7) is 3.15. The van der Waals surface area contributed by atoms with Crippen molar-refractivity contribution in [2.24, 2.45) is 5.92 Å². The third kappa shape index (κ3) is 4.80. The molecule has 34 heavy (non-hydrogen) atoms. The molecule has 0 aliphatic heterocycles. The summed E-state index contributed by atoms with van der Waals surface area (Å²) in [5.74, 6) is 0.0118. The van der Waals surface area contributed by atoms with Gasteiger partial charge in [-0.3, -0.25) is 4.79 Å². The van der Waals surface area contributed by atoms with E-state index in [1.165, 1.54) is 0 Å². The van der Waals surface area contributed by atoms with Gasteiger partial charge in [0.2, 0.25) is 0 Å². The highest BCUT2D eigenvalue weighted by atomic mass is 16.5. The van der Waals surface area contributed by atoms with E-state index in [2.05, 4.69) is 53.7 Å². The highest BCUT2D eigenvalue weighted by Crippen LogP contribution is 2.47. The molecule has 1 fully saturated rings. The van der Waals surface area contributed by atoms with Gasteiger partial charge in [-0.2, -0.15) is 0 Å². The van der Waals surface area contributed by atoms with Gasteiger partial charge in [0.15, 0.2) is 5.76 Å². The van der Waals surface area contributed by atoms with Crippen LogP contribution in [0.1, 0.15) is 34.7 Å². The summed E-state index contributed by atoms with van der Waals surface area (Å²) < 4.78 is 11.5. The first-order valence-electron chi connectivity index (χ1n) is 11.6. The fraction of sp³-hybridized carbons (Fsp3) is 0.241. The Morgan fingerprint density at radius 2 is 1.62 bits per heavy atom. The Balaban J connectivity index is 1.23. The molecule has 2 atom stereocenters. The van der Waals surface area contributed by atoms with Crippen molar-refractivity contribution in [3.05, 3.63) is 101 Å². The topological polar surface area (TPSA) is 72.6 Å². The van der Waals surface area contributed by atoms with Gasteiger partial charge in [-0.15, -0.1) is 0 Å². The SMILES string of the molecule is Cc1noc(-c2ccc(-c3ccc(C4CC4C(=O)O)cc3)cc2)c1CCOCc1ccccc1. The number of nitrogens with zero attached hydrogens (tertiary/aromatic N) is 1. The molecule has 4 aromatic rings. The van der Waals surface area contributed by atoms with Gasteiger partial charge in [0, 0.05) is 17.5 Å². The molecule has 0 saturated heterocycles. The molecule has 1 aliphatic rings. The number of benzene rings is 3. The quantitative estimate of drug-likeness (QED) is 0.303. The van der Waals surface area contributed by atoms with Crippen LogP contribution in [0.25, 0.3) is 22.5 Å². The maximum absolute atomic E-state index is 11.1. The standard InChI is InChI=1S/C29H27NO4/c1-19-25(15-16-33-18-20-5-3-2-4-6-20)28(34-30-19)24-13-9-22(10-14-24)21-7-11-23(12-8-21)26-17-27(26)29(31)32/h2-14,26-27H,15-18H2,1H3,(H,31,32).